The van der Waals surface area contributed by atoms with Gasteiger partial charge in [0.1, 0.15) is 0 Å². The summed E-state index contributed by atoms with van der Waals surface area (Å²) in [6, 6.07) is 0. The van der Waals surface area contributed by atoms with Gasteiger partial charge in [-0.25, -0.2) is 0 Å². The molecule has 5 unspecified atom stereocenters. The van der Waals surface area contributed by atoms with Crippen LogP contribution in [0.25, 0.3) is 0 Å². The second-order valence-electron chi connectivity index (χ2n) is 9.30. The minimum atomic E-state index is 0.601. The molecule has 0 aromatic carbocycles. The van der Waals surface area contributed by atoms with E-state index in [9.17, 15) is 0 Å². The molecule has 0 aliphatic heterocycles. The molecule has 1 heteroatoms. The minimum absolute atomic E-state index is 0.601. The summed E-state index contributed by atoms with van der Waals surface area (Å²) in [7, 11) is 0. The van der Waals surface area contributed by atoms with E-state index in [0.29, 0.717) is 5.41 Å². The van der Waals surface area contributed by atoms with E-state index < -0.39 is 0 Å². The standard InChI is InChI=1S/C20H37N/c1-4-9-21-14-17-7-8-20(2,3)13-19(17)12-18-11-15-5-6-16(18)10-15/h15-19,21H,4-14H2,1-3H3. The molecule has 2 bridgehead atoms. The van der Waals surface area contributed by atoms with Gasteiger partial charge in [0.05, 0.1) is 0 Å². The molecule has 1 N–H and O–H groups in total. The zero-order valence-electron chi connectivity index (χ0n) is 14.7. The summed E-state index contributed by atoms with van der Waals surface area (Å²) in [5, 5.41) is 3.72. The van der Waals surface area contributed by atoms with E-state index in [-0.39, 0.29) is 0 Å². The maximum atomic E-state index is 3.72. The first-order valence-corrected chi connectivity index (χ1v) is 9.78. The van der Waals surface area contributed by atoms with Gasteiger partial charge >= 0.3 is 0 Å². The first-order chi connectivity index (χ1) is 10.1. The lowest BCUT2D eigenvalue weighted by molar-refractivity contribution is 0.0875. The van der Waals surface area contributed by atoms with Gasteiger partial charge in [-0.15, -0.1) is 0 Å². The predicted molar refractivity (Wildman–Crippen MR) is 91.3 cm³/mol. The Kier molecular flexibility index (Phi) is 4.98. The molecule has 21 heavy (non-hydrogen) atoms. The smallest absolute Gasteiger partial charge is 0.00179 e. The van der Waals surface area contributed by atoms with Gasteiger partial charge in [-0.2, -0.15) is 0 Å². The highest BCUT2D eigenvalue weighted by Crippen LogP contribution is 2.53. The van der Waals surface area contributed by atoms with Gasteiger partial charge in [0.25, 0.3) is 0 Å². The van der Waals surface area contributed by atoms with E-state index in [2.05, 4.69) is 26.1 Å². The summed E-state index contributed by atoms with van der Waals surface area (Å²) in [5.74, 6) is 5.29. The Balaban J connectivity index is 1.57. The molecule has 1 nitrogen and oxygen atoms in total. The first-order valence-electron chi connectivity index (χ1n) is 9.78. The third-order valence-electron chi connectivity index (χ3n) is 7.00. The average Bonchev–Trinajstić information content (AvgIpc) is 3.03. The maximum absolute atomic E-state index is 3.72. The molecule has 0 saturated heterocycles. The van der Waals surface area contributed by atoms with E-state index in [1.165, 1.54) is 38.8 Å². The highest BCUT2D eigenvalue weighted by molar-refractivity contribution is 4.94. The Morgan fingerprint density at radius 1 is 1.00 bits per heavy atom. The quantitative estimate of drug-likeness (QED) is 0.659. The van der Waals surface area contributed by atoms with Crippen LogP contribution in [0.2, 0.25) is 0 Å². The summed E-state index contributed by atoms with van der Waals surface area (Å²) in [5.41, 5.74) is 0.601. The molecule has 0 amide bonds. The monoisotopic (exact) mass is 291 g/mol. The lowest BCUT2D eigenvalue weighted by Crippen LogP contribution is -2.37. The van der Waals surface area contributed by atoms with Crippen molar-refractivity contribution in [1.29, 1.82) is 0 Å². The number of rotatable bonds is 6. The van der Waals surface area contributed by atoms with E-state index in [1.807, 2.05) is 0 Å². The molecule has 3 aliphatic rings. The van der Waals surface area contributed by atoms with Gasteiger partial charge in [0.15, 0.2) is 0 Å². The molecule has 5 atom stereocenters. The Morgan fingerprint density at radius 3 is 2.52 bits per heavy atom. The van der Waals surface area contributed by atoms with Crippen LogP contribution in [0.1, 0.15) is 78.6 Å². The second kappa shape index (κ2) is 6.60. The molecular formula is C20H37N. The summed E-state index contributed by atoms with van der Waals surface area (Å²) in [4.78, 5) is 0. The molecule has 0 heterocycles. The number of hydrogen-bond donors (Lipinski definition) is 1. The number of hydrogen-bond acceptors (Lipinski definition) is 1. The fraction of sp³-hybridized carbons (Fsp3) is 1.00. The van der Waals surface area contributed by atoms with Crippen LogP contribution >= 0.6 is 0 Å². The topological polar surface area (TPSA) is 12.0 Å². The molecular weight excluding hydrogens is 254 g/mol. The van der Waals surface area contributed by atoms with E-state index in [1.54, 1.807) is 32.1 Å². The van der Waals surface area contributed by atoms with Crippen molar-refractivity contribution in [3.8, 4) is 0 Å². The van der Waals surface area contributed by atoms with Crippen LogP contribution in [0.4, 0.5) is 0 Å². The Labute approximate surface area is 132 Å². The van der Waals surface area contributed by atoms with Crippen LogP contribution in [0, 0.1) is 35.0 Å². The Hall–Kier alpha value is -0.0400. The molecule has 0 spiro atoms. The molecule has 0 aromatic heterocycles. The lowest BCUT2D eigenvalue weighted by Gasteiger charge is -2.43. The van der Waals surface area contributed by atoms with Crippen molar-refractivity contribution in [2.75, 3.05) is 13.1 Å². The normalized spacial score (nSPS) is 41.6. The summed E-state index contributed by atoms with van der Waals surface area (Å²) in [6.07, 6.45) is 13.5. The van der Waals surface area contributed by atoms with Gasteiger partial charge in [-0.3, -0.25) is 0 Å². The van der Waals surface area contributed by atoms with Crippen LogP contribution < -0.4 is 5.32 Å². The Bertz CT molecular complexity index is 335. The van der Waals surface area contributed by atoms with Crippen molar-refractivity contribution >= 4 is 0 Å². The first kappa shape index (κ1) is 15.8. The SMILES string of the molecule is CCCNCC1CCC(C)(C)CC1CC1CC2CCC1C2. The molecule has 0 radical (unpaired) electrons. The van der Waals surface area contributed by atoms with Gasteiger partial charge in [0, 0.05) is 0 Å². The van der Waals surface area contributed by atoms with Crippen LogP contribution in [-0.2, 0) is 0 Å². The highest BCUT2D eigenvalue weighted by Gasteiger charge is 2.43. The van der Waals surface area contributed by atoms with E-state index in [0.717, 1.165) is 29.6 Å². The fourth-order valence-corrected chi connectivity index (χ4v) is 5.85. The van der Waals surface area contributed by atoms with Gasteiger partial charge in [0.2, 0.25) is 0 Å². The molecule has 3 saturated carbocycles. The molecule has 122 valence electrons. The van der Waals surface area contributed by atoms with E-state index >= 15 is 0 Å². The van der Waals surface area contributed by atoms with Crippen molar-refractivity contribution in [2.45, 2.75) is 78.6 Å². The van der Waals surface area contributed by atoms with Gasteiger partial charge in [-0.05, 0) is 99.5 Å². The average molecular weight is 292 g/mol. The fourth-order valence-electron chi connectivity index (χ4n) is 5.85. The molecule has 0 aromatic rings. The lowest BCUT2D eigenvalue weighted by atomic mass is 9.64. The van der Waals surface area contributed by atoms with Crippen molar-refractivity contribution in [2.24, 2.45) is 35.0 Å². The zero-order valence-corrected chi connectivity index (χ0v) is 14.7. The van der Waals surface area contributed by atoms with Gasteiger partial charge in [-0.1, -0.05) is 27.2 Å². The Morgan fingerprint density at radius 2 is 1.86 bits per heavy atom. The van der Waals surface area contributed by atoms with Crippen molar-refractivity contribution in [3.05, 3.63) is 0 Å². The van der Waals surface area contributed by atoms with Crippen LogP contribution in [-0.4, -0.2) is 13.1 Å². The van der Waals surface area contributed by atoms with Crippen molar-refractivity contribution < 1.29 is 0 Å². The van der Waals surface area contributed by atoms with Crippen molar-refractivity contribution in [1.82, 2.24) is 5.32 Å². The van der Waals surface area contributed by atoms with Crippen molar-refractivity contribution in [3.63, 3.8) is 0 Å². The minimum Gasteiger partial charge on any atom is -0.316 e. The summed E-state index contributed by atoms with van der Waals surface area (Å²) in [6.45, 7) is 9.80. The molecule has 3 fully saturated rings. The van der Waals surface area contributed by atoms with Gasteiger partial charge < -0.3 is 5.32 Å². The van der Waals surface area contributed by atoms with Crippen LogP contribution in [0.5, 0.6) is 0 Å². The predicted octanol–water partition coefficient (Wildman–Crippen LogP) is 5.25. The maximum Gasteiger partial charge on any atom is -0.00179 e. The molecule has 3 aliphatic carbocycles. The summed E-state index contributed by atoms with van der Waals surface area (Å²) < 4.78 is 0. The van der Waals surface area contributed by atoms with Crippen LogP contribution in [0.3, 0.4) is 0 Å². The third-order valence-corrected chi connectivity index (χ3v) is 7.00. The number of nitrogens with one attached hydrogen (secondary N) is 1. The number of fused-ring (bicyclic) bond motifs is 2. The van der Waals surface area contributed by atoms with Crippen LogP contribution in [0.15, 0.2) is 0 Å². The largest absolute Gasteiger partial charge is 0.316 e. The highest BCUT2D eigenvalue weighted by atomic mass is 14.9. The van der Waals surface area contributed by atoms with E-state index in [4.69, 9.17) is 0 Å². The second-order valence-corrected chi connectivity index (χ2v) is 9.30. The summed E-state index contributed by atoms with van der Waals surface area (Å²) >= 11 is 0. The zero-order chi connectivity index (χ0) is 14.9. The molecule has 3 rings (SSSR count). The third kappa shape index (κ3) is 3.84.